The number of benzene rings is 2. The van der Waals surface area contributed by atoms with Gasteiger partial charge in [-0.1, -0.05) is 60.2 Å². The lowest BCUT2D eigenvalue weighted by molar-refractivity contribution is -0.133. The average molecular weight is 336 g/mol. The quantitative estimate of drug-likeness (QED) is 0.912. The van der Waals surface area contributed by atoms with Crippen LogP contribution in [-0.4, -0.2) is 29.8 Å². The summed E-state index contributed by atoms with van der Waals surface area (Å²) in [5.41, 5.74) is 3.34. The van der Waals surface area contributed by atoms with E-state index in [1.54, 1.807) is 0 Å². The van der Waals surface area contributed by atoms with Crippen molar-refractivity contribution in [2.75, 3.05) is 13.1 Å². The van der Waals surface area contributed by atoms with Crippen molar-refractivity contribution in [3.8, 4) is 0 Å². The molecule has 2 aromatic carbocycles. The molecule has 4 heteroatoms. The van der Waals surface area contributed by atoms with Gasteiger partial charge in [0.15, 0.2) is 0 Å². The van der Waals surface area contributed by atoms with Gasteiger partial charge in [0.1, 0.15) is 0 Å². The summed E-state index contributed by atoms with van der Waals surface area (Å²) in [6.45, 7) is 2.88. The third kappa shape index (κ3) is 4.47. The smallest absolute Gasteiger partial charge is 0.242 e. The number of hydrogen-bond acceptors (Lipinski definition) is 2. The van der Waals surface area contributed by atoms with Crippen LogP contribution in [0.1, 0.15) is 35.6 Å². The van der Waals surface area contributed by atoms with Crippen molar-refractivity contribution in [2.45, 2.75) is 32.2 Å². The van der Waals surface area contributed by atoms with E-state index in [2.05, 4.69) is 36.5 Å². The Hall–Kier alpha value is -2.62. The molecule has 0 radical (unpaired) electrons. The summed E-state index contributed by atoms with van der Waals surface area (Å²) in [4.78, 5) is 26.5. The second-order valence-electron chi connectivity index (χ2n) is 6.59. The van der Waals surface area contributed by atoms with Crippen molar-refractivity contribution >= 4 is 11.8 Å². The maximum atomic E-state index is 12.6. The van der Waals surface area contributed by atoms with Crippen LogP contribution in [0.3, 0.4) is 0 Å². The van der Waals surface area contributed by atoms with Gasteiger partial charge < -0.3 is 10.2 Å². The van der Waals surface area contributed by atoms with Crippen LogP contribution in [0.15, 0.2) is 54.6 Å². The molecule has 25 heavy (non-hydrogen) atoms. The van der Waals surface area contributed by atoms with E-state index >= 15 is 0 Å². The molecule has 1 aliphatic rings. The molecule has 0 aliphatic carbocycles. The second-order valence-corrected chi connectivity index (χ2v) is 6.59. The van der Waals surface area contributed by atoms with E-state index in [0.717, 1.165) is 24.9 Å². The van der Waals surface area contributed by atoms with Gasteiger partial charge in [-0.05, 0) is 30.9 Å². The Labute approximate surface area is 148 Å². The van der Waals surface area contributed by atoms with Crippen LogP contribution in [0, 0.1) is 6.92 Å². The standard InChI is InChI=1S/C21H24N2O2/c1-16-9-11-18(12-10-16)19-8-5-13-23(19)21(25)15-22-20(24)14-17-6-3-2-4-7-17/h2-4,6-7,9-12,19H,5,8,13-15H2,1H3,(H,22,24). The molecule has 4 nitrogen and oxygen atoms in total. The van der Waals surface area contributed by atoms with E-state index in [0.29, 0.717) is 6.42 Å². The first-order valence-electron chi connectivity index (χ1n) is 8.80. The zero-order valence-corrected chi connectivity index (χ0v) is 14.6. The summed E-state index contributed by atoms with van der Waals surface area (Å²) < 4.78 is 0. The molecule has 130 valence electrons. The molecule has 2 amide bonds. The molecule has 0 saturated carbocycles. The van der Waals surface area contributed by atoms with E-state index in [1.165, 1.54) is 11.1 Å². The highest BCUT2D eigenvalue weighted by Gasteiger charge is 2.29. The number of amides is 2. The summed E-state index contributed by atoms with van der Waals surface area (Å²) in [5, 5.41) is 2.76. The van der Waals surface area contributed by atoms with Crippen molar-refractivity contribution in [3.63, 3.8) is 0 Å². The molecule has 1 fully saturated rings. The summed E-state index contributed by atoms with van der Waals surface area (Å²) >= 11 is 0. The number of hydrogen-bond donors (Lipinski definition) is 1. The number of carbonyl (C=O) groups excluding carboxylic acids is 2. The average Bonchev–Trinajstić information content (AvgIpc) is 3.11. The van der Waals surface area contributed by atoms with Gasteiger partial charge in [-0.15, -0.1) is 0 Å². The molecule has 0 spiro atoms. The first kappa shape index (κ1) is 17.2. The molecule has 1 atom stereocenters. The SMILES string of the molecule is Cc1ccc(C2CCCN2C(=O)CNC(=O)Cc2ccccc2)cc1. The van der Waals surface area contributed by atoms with Crippen LogP contribution < -0.4 is 5.32 Å². The molecular formula is C21H24N2O2. The zero-order valence-electron chi connectivity index (χ0n) is 14.6. The lowest BCUT2D eigenvalue weighted by Gasteiger charge is -2.25. The minimum Gasteiger partial charge on any atom is -0.347 e. The Kier molecular flexibility index (Phi) is 5.49. The number of aryl methyl sites for hydroxylation is 1. The number of nitrogens with one attached hydrogen (secondary N) is 1. The Balaban J connectivity index is 1.55. The van der Waals surface area contributed by atoms with E-state index in [-0.39, 0.29) is 24.4 Å². The topological polar surface area (TPSA) is 49.4 Å². The summed E-state index contributed by atoms with van der Waals surface area (Å²) in [5.74, 6) is -0.130. The van der Waals surface area contributed by atoms with Gasteiger partial charge in [0, 0.05) is 6.54 Å². The first-order valence-corrected chi connectivity index (χ1v) is 8.80. The van der Waals surface area contributed by atoms with Crippen LogP contribution in [0.4, 0.5) is 0 Å². The Morgan fingerprint density at radius 3 is 2.52 bits per heavy atom. The molecule has 0 bridgehead atoms. The van der Waals surface area contributed by atoms with Gasteiger partial charge in [-0.25, -0.2) is 0 Å². The third-order valence-corrected chi connectivity index (χ3v) is 4.68. The normalized spacial score (nSPS) is 16.7. The highest BCUT2D eigenvalue weighted by molar-refractivity contribution is 5.86. The van der Waals surface area contributed by atoms with E-state index < -0.39 is 0 Å². The number of likely N-dealkylation sites (tertiary alicyclic amines) is 1. The van der Waals surface area contributed by atoms with E-state index in [4.69, 9.17) is 0 Å². The Bertz CT molecular complexity index is 725. The first-order chi connectivity index (χ1) is 12.1. The Morgan fingerprint density at radius 1 is 1.08 bits per heavy atom. The minimum atomic E-state index is -0.120. The molecule has 1 aliphatic heterocycles. The van der Waals surface area contributed by atoms with Gasteiger partial charge in [0.2, 0.25) is 11.8 Å². The van der Waals surface area contributed by atoms with Crippen LogP contribution >= 0.6 is 0 Å². The lowest BCUT2D eigenvalue weighted by Crippen LogP contribution is -2.40. The second kappa shape index (κ2) is 7.97. The van der Waals surface area contributed by atoms with Crippen LogP contribution in [-0.2, 0) is 16.0 Å². The molecule has 2 aromatic rings. The molecule has 3 rings (SSSR count). The molecule has 1 heterocycles. The monoisotopic (exact) mass is 336 g/mol. The predicted molar refractivity (Wildman–Crippen MR) is 98.0 cm³/mol. The fourth-order valence-electron chi connectivity index (χ4n) is 3.32. The van der Waals surface area contributed by atoms with Crippen LogP contribution in [0.25, 0.3) is 0 Å². The largest absolute Gasteiger partial charge is 0.347 e. The fourth-order valence-corrected chi connectivity index (χ4v) is 3.32. The molecule has 1 saturated heterocycles. The van der Waals surface area contributed by atoms with Crippen molar-refractivity contribution in [2.24, 2.45) is 0 Å². The zero-order chi connectivity index (χ0) is 17.6. The minimum absolute atomic E-state index is 0.00973. The van der Waals surface area contributed by atoms with Crippen molar-refractivity contribution in [3.05, 3.63) is 71.3 Å². The van der Waals surface area contributed by atoms with Crippen molar-refractivity contribution in [1.29, 1.82) is 0 Å². The van der Waals surface area contributed by atoms with Gasteiger partial charge in [0.25, 0.3) is 0 Å². The lowest BCUT2D eigenvalue weighted by atomic mass is 10.0. The summed E-state index contributed by atoms with van der Waals surface area (Å²) in [6, 6.07) is 18.0. The van der Waals surface area contributed by atoms with Crippen molar-refractivity contribution < 1.29 is 9.59 Å². The molecular weight excluding hydrogens is 312 g/mol. The van der Waals surface area contributed by atoms with Gasteiger partial charge >= 0.3 is 0 Å². The maximum Gasteiger partial charge on any atom is 0.242 e. The number of rotatable bonds is 5. The van der Waals surface area contributed by atoms with Crippen molar-refractivity contribution in [1.82, 2.24) is 10.2 Å². The fraction of sp³-hybridized carbons (Fsp3) is 0.333. The summed E-state index contributed by atoms with van der Waals surface area (Å²) in [6.07, 6.45) is 2.28. The highest BCUT2D eigenvalue weighted by Crippen LogP contribution is 2.31. The predicted octanol–water partition coefficient (Wildman–Crippen LogP) is 3.02. The third-order valence-electron chi connectivity index (χ3n) is 4.68. The summed E-state index contributed by atoms with van der Waals surface area (Å²) in [7, 11) is 0. The van der Waals surface area contributed by atoms with Gasteiger partial charge in [-0.3, -0.25) is 9.59 Å². The molecule has 1 N–H and O–H groups in total. The highest BCUT2D eigenvalue weighted by atomic mass is 16.2. The van der Waals surface area contributed by atoms with E-state index in [1.807, 2.05) is 35.2 Å². The number of nitrogens with zero attached hydrogens (tertiary/aromatic N) is 1. The molecule has 0 aromatic heterocycles. The van der Waals surface area contributed by atoms with E-state index in [9.17, 15) is 9.59 Å². The van der Waals surface area contributed by atoms with Gasteiger partial charge in [-0.2, -0.15) is 0 Å². The van der Waals surface area contributed by atoms with Crippen LogP contribution in [0.5, 0.6) is 0 Å². The number of carbonyl (C=O) groups is 2. The van der Waals surface area contributed by atoms with Gasteiger partial charge in [0.05, 0.1) is 19.0 Å². The van der Waals surface area contributed by atoms with Crippen LogP contribution in [0.2, 0.25) is 0 Å². The maximum absolute atomic E-state index is 12.6. The Morgan fingerprint density at radius 2 is 1.80 bits per heavy atom. The molecule has 1 unspecified atom stereocenters.